The fourth-order valence-corrected chi connectivity index (χ4v) is 1.64. The summed E-state index contributed by atoms with van der Waals surface area (Å²) in [5.41, 5.74) is 0.608. The number of hydrogen-bond donors (Lipinski definition) is 0. The average Bonchev–Trinajstić information content (AvgIpc) is 2.75. The zero-order valence-electron chi connectivity index (χ0n) is 9.36. The van der Waals surface area contributed by atoms with E-state index in [-0.39, 0.29) is 11.5 Å². The predicted octanol–water partition coefficient (Wildman–Crippen LogP) is 2.88. The maximum Gasteiger partial charge on any atom is 0.218 e. The molecule has 0 radical (unpaired) electrons. The average molecular weight is 252 g/mol. The van der Waals surface area contributed by atoms with Crippen molar-refractivity contribution in [3.05, 3.63) is 46.3 Å². The molecule has 0 amide bonds. The second kappa shape index (κ2) is 4.59. The fourth-order valence-electron chi connectivity index (χ4n) is 1.47. The lowest BCUT2D eigenvalue weighted by Gasteiger charge is -2.05. The van der Waals surface area contributed by atoms with Crippen molar-refractivity contribution in [3.8, 4) is 5.75 Å². The van der Waals surface area contributed by atoms with Crippen LogP contribution in [0.15, 0.2) is 28.8 Å². The Morgan fingerprint density at radius 2 is 2.18 bits per heavy atom. The van der Waals surface area contributed by atoms with E-state index in [4.69, 9.17) is 20.9 Å². The van der Waals surface area contributed by atoms with E-state index in [1.54, 1.807) is 31.2 Å². The monoisotopic (exact) mass is 251 g/mol. The van der Waals surface area contributed by atoms with Crippen LogP contribution in [0.3, 0.4) is 0 Å². The number of rotatable bonds is 3. The molecule has 88 valence electrons. The van der Waals surface area contributed by atoms with Crippen LogP contribution in [0, 0.1) is 6.92 Å². The quantitative estimate of drug-likeness (QED) is 0.787. The molecule has 0 saturated heterocycles. The van der Waals surface area contributed by atoms with E-state index < -0.39 is 0 Å². The lowest BCUT2D eigenvalue weighted by Crippen LogP contribution is -2.04. The van der Waals surface area contributed by atoms with E-state index in [2.05, 4.69) is 5.16 Å². The third kappa shape index (κ3) is 2.31. The van der Waals surface area contributed by atoms with Crippen molar-refractivity contribution in [1.82, 2.24) is 5.16 Å². The Morgan fingerprint density at radius 3 is 2.76 bits per heavy atom. The molecule has 17 heavy (non-hydrogen) atoms. The van der Waals surface area contributed by atoms with E-state index in [0.29, 0.717) is 22.1 Å². The highest BCUT2D eigenvalue weighted by atomic mass is 35.5. The van der Waals surface area contributed by atoms with Gasteiger partial charge in [0.15, 0.2) is 5.69 Å². The number of carbonyl (C=O) groups is 1. The van der Waals surface area contributed by atoms with Crippen molar-refractivity contribution in [2.45, 2.75) is 6.92 Å². The van der Waals surface area contributed by atoms with Crippen molar-refractivity contribution in [1.29, 1.82) is 0 Å². The van der Waals surface area contributed by atoms with Crippen LogP contribution >= 0.6 is 11.6 Å². The molecule has 0 aliphatic rings. The van der Waals surface area contributed by atoms with E-state index in [0.717, 1.165) is 0 Å². The Bertz CT molecular complexity index is 563. The van der Waals surface area contributed by atoms with E-state index in [1.165, 1.54) is 7.11 Å². The number of aromatic nitrogens is 1. The summed E-state index contributed by atoms with van der Waals surface area (Å²) in [6.07, 6.45) is 0. The number of carbonyl (C=O) groups excluding carboxylic acids is 1. The van der Waals surface area contributed by atoms with Crippen molar-refractivity contribution >= 4 is 17.4 Å². The Labute approximate surface area is 103 Å². The van der Waals surface area contributed by atoms with Crippen LogP contribution in [0.5, 0.6) is 5.75 Å². The van der Waals surface area contributed by atoms with Gasteiger partial charge in [-0.1, -0.05) is 16.8 Å². The highest BCUT2D eigenvalue weighted by molar-refractivity contribution is 6.31. The first-order chi connectivity index (χ1) is 8.11. The van der Waals surface area contributed by atoms with Crippen molar-refractivity contribution in [3.63, 3.8) is 0 Å². The van der Waals surface area contributed by atoms with Gasteiger partial charge in [-0.2, -0.15) is 0 Å². The van der Waals surface area contributed by atoms with Crippen molar-refractivity contribution in [2.75, 3.05) is 7.11 Å². The molecule has 2 aromatic rings. The smallest absolute Gasteiger partial charge is 0.218 e. The number of halogens is 1. The Morgan fingerprint density at radius 1 is 1.41 bits per heavy atom. The number of hydrogen-bond acceptors (Lipinski definition) is 4. The molecule has 1 aromatic heterocycles. The summed E-state index contributed by atoms with van der Waals surface area (Å²) < 4.78 is 9.98. The van der Waals surface area contributed by atoms with Gasteiger partial charge >= 0.3 is 0 Å². The zero-order valence-corrected chi connectivity index (χ0v) is 10.1. The number of aryl methyl sites for hydroxylation is 1. The summed E-state index contributed by atoms with van der Waals surface area (Å²) >= 11 is 5.86. The molecule has 0 fully saturated rings. The lowest BCUT2D eigenvalue weighted by atomic mass is 10.1. The largest absolute Gasteiger partial charge is 0.496 e. The highest BCUT2D eigenvalue weighted by Gasteiger charge is 2.18. The van der Waals surface area contributed by atoms with Crippen LogP contribution < -0.4 is 4.74 Å². The molecule has 0 aliphatic heterocycles. The minimum atomic E-state index is -0.277. The van der Waals surface area contributed by atoms with E-state index in [9.17, 15) is 4.79 Å². The summed E-state index contributed by atoms with van der Waals surface area (Å²) in [4.78, 5) is 12.1. The number of benzene rings is 1. The number of ether oxygens (including phenoxy) is 1. The molecule has 0 saturated carbocycles. The standard InChI is InChI=1S/C12H10ClNO3/c1-7-5-10(14-17-7)12(15)9-6-8(13)3-4-11(9)16-2/h3-6H,1-2H3. The minimum absolute atomic E-state index is 0.239. The molecular weight excluding hydrogens is 242 g/mol. The Hall–Kier alpha value is -1.81. The predicted molar refractivity (Wildman–Crippen MR) is 62.7 cm³/mol. The minimum Gasteiger partial charge on any atom is -0.496 e. The molecule has 0 atom stereocenters. The molecule has 1 aromatic carbocycles. The first-order valence-corrected chi connectivity index (χ1v) is 5.31. The van der Waals surface area contributed by atoms with Gasteiger partial charge in [-0.15, -0.1) is 0 Å². The van der Waals surface area contributed by atoms with Gasteiger partial charge in [0.2, 0.25) is 5.78 Å². The Kier molecular flexibility index (Phi) is 3.15. The zero-order chi connectivity index (χ0) is 12.4. The molecule has 0 bridgehead atoms. The number of nitrogens with zero attached hydrogens (tertiary/aromatic N) is 1. The second-order valence-corrected chi connectivity index (χ2v) is 3.93. The molecule has 5 heteroatoms. The lowest BCUT2D eigenvalue weighted by molar-refractivity contribution is 0.102. The first kappa shape index (κ1) is 11.7. The third-order valence-corrected chi connectivity index (χ3v) is 2.50. The third-order valence-electron chi connectivity index (χ3n) is 2.27. The van der Waals surface area contributed by atoms with Crippen LogP contribution in [-0.4, -0.2) is 18.0 Å². The van der Waals surface area contributed by atoms with Crippen LogP contribution in [0.1, 0.15) is 21.8 Å². The molecular formula is C12H10ClNO3. The topological polar surface area (TPSA) is 52.3 Å². The maximum atomic E-state index is 12.1. The molecule has 2 rings (SSSR count). The summed E-state index contributed by atoms with van der Waals surface area (Å²) in [6.45, 7) is 1.72. The maximum absolute atomic E-state index is 12.1. The van der Waals surface area contributed by atoms with Gasteiger partial charge in [0.25, 0.3) is 0 Å². The first-order valence-electron chi connectivity index (χ1n) is 4.93. The van der Waals surface area contributed by atoms with Crippen LogP contribution in [0.25, 0.3) is 0 Å². The van der Waals surface area contributed by atoms with Gasteiger partial charge in [0, 0.05) is 11.1 Å². The number of methoxy groups -OCH3 is 1. The second-order valence-electron chi connectivity index (χ2n) is 3.50. The van der Waals surface area contributed by atoms with Gasteiger partial charge in [0.1, 0.15) is 11.5 Å². The van der Waals surface area contributed by atoms with Gasteiger partial charge in [-0.05, 0) is 25.1 Å². The molecule has 0 aliphatic carbocycles. The summed E-state index contributed by atoms with van der Waals surface area (Å²) in [6, 6.07) is 6.42. The van der Waals surface area contributed by atoms with Crippen LogP contribution in [0.2, 0.25) is 5.02 Å². The highest BCUT2D eigenvalue weighted by Crippen LogP contribution is 2.25. The normalized spacial score (nSPS) is 10.3. The van der Waals surface area contributed by atoms with Crippen molar-refractivity contribution < 1.29 is 14.1 Å². The van der Waals surface area contributed by atoms with Gasteiger partial charge < -0.3 is 9.26 Å². The van der Waals surface area contributed by atoms with E-state index >= 15 is 0 Å². The fraction of sp³-hybridized carbons (Fsp3) is 0.167. The van der Waals surface area contributed by atoms with Gasteiger partial charge in [-0.3, -0.25) is 4.79 Å². The molecule has 0 unspecified atom stereocenters. The van der Waals surface area contributed by atoms with Crippen molar-refractivity contribution in [2.24, 2.45) is 0 Å². The summed E-state index contributed by atoms with van der Waals surface area (Å²) in [5, 5.41) is 4.14. The van der Waals surface area contributed by atoms with Gasteiger partial charge in [0.05, 0.1) is 12.7 Å². The van der Waals surface area contributed by atoms with E-state index in [1.807, 2.05) is 0 Å². The molecule has 0 spiro atoms. The van der Waals surface area contributed by atoms with Crippen LogP contribution in [0.4, 0.5) is 0 Å². The summed E-state index contributed by atoms with van der Waals surface area (Å²) in [5.74, 6) is 0.760. The van der Waals surface area contributed by atoms with Crippen LogP contribution in [-0.2, 0) is 0 Å². The summed E-state index contributed by atoms with van der Waals surface area (Å²) in [7, 11) is 1.49. The molecule has 1 heterocycles. The SMILES string of the molecule is COc1ccc(Cl)cc1C(=O)c1cc(C)on1. The van der Waals surface area contributed by atoms with Gasteiger partial charge in [-0.25, -0.2) is 0 Å². The number of ketones is 1. The molecule has 4 nitrogen and oxygen atoms in total. The Balaban J connectivity index is 2.46. The molecule has 0 N–H and O–H groups in total.